The summed E-state index contributed by atoms with van der Waals surface area (Å²) in [7, 11) is 0. The number of fused-ring (bicyclic) bond motifs is 6. The maximum Gasteiger partial charge on any atom is 0.340 e. The van der Waals surface area contributed by atoms with Crippen molar-refractivity contribution in [3.63, 3.8) is 0 Å². The summed E-state index contributed by atoms with van der Waals surface area (Å²) < 4.78 is 13.5. The van der Waals surface area contributed by atoms with Crippen LogP contribution in [0.5, 0.6) is 23.0 Å². The third kappa shape index (κ3) is 9.03. The lowest BCUT2D eigenvalue weighted by molar-refractivity contribution is 0.0221. The normalized spacial score (nSPS) is 12.8. The van der Waals surface area contributed by atoms with Crippen LogP contribution in [0.3, 0.4) is 0 Å². The summed E-state index contributed by atoms with van der Waals surface area (Å²) in [5.74, 6) is -0.532. The number of rotatable bonds is 12. The molecule has 3 aromatic carbocycles. The summed E-state index contributed by atoms with van der Waals surface area (Å²) in [6, 6.07) is 34.8. The summed E-state index contributed by atoms with van der Waals surface area (Å²) in [4.78, 5) is 36.4. The number of phenols is 2. The van der Waals surface area contributed by atoms with Gasteiger partial charge in [0.25, 0.3) is 0 Å². The summed E-state index contributed by atoms with van der Waals surface area (Å²) in [6.07, 6.45) is 6.92. The van der Waals surface area contributed by atoms with Crippen molar-refractivity contribution < 1.29 is 30.0 Å². The molecule has 0 aliphatic carbocycles. The smallest absolute Gasteiger partial charge is 0.340 e. The third-order valence-corrected chi connectivity index (χ3v) is 11.1. The van der Waals surface area contributed by atoms with Gasteiger partial charge in [0.2, 0.25) is 0 Å². The van der Waals surface area contributed by atoms with E-state index in [0.29, 0.717) is 59.6 Å². The number of benzene rings is 3. The second-order valence-corrected chi connectivity index (χ2v) is 15.5. The molecule has 0 amide bonds. The monoisotopic (exact) mass is 881 g/mol. The minimum absolute atomic E-state index is 0. The van der Waals surface area contributed by atoms with Gasteiger partial charge in [0, 0.05) is 87.7 Å². The molecule has 0 atom stereocenters. The molecule has 1 spiro atoms. The van der Waals surface area contributed by atoms with Gasteiger partial charge in [-0.25, -0.2) is 4.79 Å². The first kappa shape index (κ1) is 44.1. The second-order valence-electron chi connectivity index (χ2n) is 14.6. The van der Waals surface area contributed by atoms with Crippen molar-refractivity contribution >= 4 is 29.2 Å². The van der Waals surface area contributed by atoms with Crippen LogP contribution in [0.2, 0.25) is 10.0 Å². The predicted molar refractivity (Wildman–Crippen MR) is 236 cm³/mol. The van der Waals surface area contributed by atoms with Crippen molar-refractivity contribution in [2.24, 2.45) is 0 Å². The largest absolute Gasteiger partial charge is 0.506 e. The lowest BCUT2D eigenvalue weighted by Crippen LogP contribution is -2.35. The summed E-state index contributed by atoms with van der Waals surface area (Å²) in [6.45, 7) is 3.20. The van der Waals surface area contributed by atoms with E-state index in [1.165, 1.54) is 6.92 Å². The molecule has 15 heteroatoms. The zero-order valence-corrected chi connectivity index (χ0v) is 35.5. The molecule has 0 unspecified atom stereocenters. The SMILES string of the molecule is CC#N.O.O=C1OC2(c3ccccc31)c1cc(Cl)c(O)c(CN(Cc3ccccn3)Cc3ccccn3)c1Oc1c2cc(Cl)c(O)c1CN(Cc1ccccn1)Cc1ccccn1. The van der Waals surface area contributed by atoms with Crippen molar-refractivity contribution in [3.8, 4) is 29.1 Å². The number of aromatic hydroxyl groups is 2. The molecule has 63 heavy (non-hydrogen) atoms. The number of ether oxygens (including phenoxy) is 2. The maximum absolute atomic E-state index is 13.9. The molecule has 2 aliphatic rings. The Kier molecular flexibility index (Phi) is 13.6. The number of pyridine rings is 4. The molecule has 0 radical (unpaired) electrons. The van der Waals surface area contributed by atoms with Crippen molar-refractivity contribution in [1.29, 1.82) is 5.26 Å². The highest BCUT2D eigenvalue weighted by atomic mass is 35.5. The van der Waals surface area contributed by atoms with E-state index in [9.17, 15) is 15.0 Å². The van der Waals surface area contributed by atoms with E-state index < -0.39 is 11.6 Å². The molecule has 13 nitrogen and oxygen atoms in total. The molecule has 4 aromatic heterocycles. The molecule has 7 aromatic rings. The van der Waals surface area contributed by atoms with Gasteiger partial charge >= 0.3 is 5.97 Å². The fraction of sp³-hybridized carbons (Fsp3) is 0.167. The Bertz CT molecular complexity index is 2530. The van der Waals surface area contributed by atoms with Crippen LogP contribution in [-0.2, 0) is 49.6 Å². The van der Waals surface area contributed by atoms with Gasteiger partial charge in [-0.1, -0.05) is 65.7 Å². The molecule has 6 heterocycles. The Morgan fingerprint density at radius 3 is 1.33 bits per heavy atom. The van der Waals surface area contributed by atoms with E-state index in [2.05, 4.69) is 29.7 Å². The van der Waals surface area contributed by atoms with Crippen LogP contribution in [0.15, 0.2) is 134 Å². The highest BCUT2D eigenvalue weighted by Crippen LogP contribution is 2.61. The first-order valence-electron chi connectivity index (χ1n) is 19.7. The number of nitrogens with zero attached hydrogens (tertiary/aromatic N) is 7. The third-order valence-electron chi connectivity index (χ3n) is 10.5. The van der Waals surface area contributed by atoms with Crippen LogP contribution in [-0.4, -0.2) is 51.4 Å². The molecule has 0 bridgehead atoms. The first-order chi connectivity index (χ1) is 30.2. The standard InChI is InChI=1S/C46H36Cl2N6O5.C2H3N.H2O/c47-39-21-37-43(34(41(39)55)27-53(23-29-11-3-7-17-49-29)24-30-12-4-8-18-50-30)58-44-35(28-54(25-31-13-5-9-19-51-31)26-32-14-6-10-20-52-32)42(56)40(48)22-38(44)46(37)36-16-2-1-15-33(36)45(57)59-46;1-2-3;/h1-22,55-56H,23-28H2;1H3;1H2. The van der Waals surface area contributed by atoms with E-state index in [-0.39, 0.29) is 51.6 Å². The van der Waals surface area contributed by atoms with Gasteiger partial charge < -0.3 is 25.2 Å². The number of nitriles is 1. The lowest BCUT2D eigenvalue weighted by atomic mass is 9.76. The minimum Gasteiger partial charge on any atom is -0.506 e. The van der Waals surface area contributed by atoms with Crippen molar-refractivity contribution in [2.75, 3.05) is 0 Å². The van der Waals surface area contributed by atoms with E-state index in [1.54, 1.807) is 55.1 Å². The minimum atomic E-state index is -1.63. The molecule has 2 aliphatic heterocycles. The fourth-order valence-corrected chi connectivity index (χ4v) is 8.38. The van der Waals surface area contributed by atoms with Crippen LogP contribution in [0.1, 0.15) is 67.9 Å². The van der Waals surface area contributed by atoms with Crippen LogP contribution < -0.4 is 4.74 Å². The molecule has 9 rings (SSSR count). The van der Waals surface area contributed by atoms with E-state index in [0.717, 1.165) is 22.8 Å². The number of aromatic nitrogens is 4. The highest BCUT2D eigenvalue weighted by Gasteiger charge is 2.55. The van der Waals surface area contributed by atoms with E-state index >= 15 is 0 Å². The maximum atomic E-state index is 13.9. The molecular formula is C48H41Cl2N7O6. The van der Waals surface area contributed by atoms with E-state index in [1.807, 2.05) is 84.9 Å². The Morgan fingerprint density at radius 2 is 0.968 bits per heavy atom. The number of phenolic OH excluding ortho intramolecular Hbond substituents is 2. The van der Waals surface area contributed by atoms with E-state index in [4.69, 9.17) is 37.9 Å². The number of esters is 1. The Balaban J connectivity index is 0.00000145. The summed E-state index contributed by atoms with van der Waals surface area (Å²) >= 11 is 13.9. The zero-order chi connectivity index (χ0) is 43.2. The molecule has 0 saturated carbocycles. The van der Waals surface area contributed by atoms with Gasteiger partial charge in [0.15, 0.2) is 5.60 Å². The van der Waals surface area contributed by atoms with Crippen molar-refractivity contribution in [3.05, 3.63) is 200 Å². The van der Waals surface area contributed by atoms with Crippen molar-refractivity contribution in [2.45, 2.75) is 51.8 Å². The Morgan fingerprint density at radius 1 is 0.603 bits per heavy atom. The van der Waals surface area contributed by atoms with Crippen molar-refractivity contribution in [1.82, 2.24) is 29.7 Å². The van der Waals surface area contributed by atoms with Gasteiger partial charge in [-0.3, -0.25) is 29.7 Å². The number of carbonyl (C=O) groups is 1. The molecule has 0 saturated heterocycles. The average molecular weight is 883 g/mol. The van der Waals surface area contributed by atoms with Crippen LogP contribution in [0.25, 0.3) is 0 Å². The first-order valence-corrected chi connectivity index (χ1v) is 20.4. The quantitative estimate of drug-likeness (QED) is 0.111. The summed E-state index contributed by atoms with van der Waals surface area (Å²) in [5, 5.41) is 31.2. The number of hydrogen-bond donors (Lipinski definition) is 2. The van der Waals surface area contributed by atoms with Crippen LogP contribution >= 0.6 is 23.2 Å². The lowest BCUT2D eigenvalue weighted by Gasteiger charge is -2.39. The highest BCUT2D eigenvalue weighted by molar-refractivity contribution is 6.33. The number of carbonyl (C=O) groups excluding carboxylic acids is 1. The number of hydrogen-bond acceptors (Lipinski definition) is 12. The molecular weight excluding hydrogens is 841 g/mol. The van der Waals surface area contributed by atoms with Gasteiger partial charge in [-0.2, -0.15) is 5.26 Å². The van der Waals surface area contributed by atoms with Crippen LogP contribution in [0, 0.1) is 11.3 Å². The van der Waals surface area contributed by atoms with Crippen LogP contribution in [0.4, 0.5) is 0 Å². The topological polar surface area (TPSA) is 189 Å². The van der Waals surface area contributed by atoms with Gasteiger partial charge in [-0.05, 0) is 66.7 Å². The second kappa shape index (κ2) is 19.4. The average Bonchev–Trinajstić information content (AvgIpc) is 3.58. The Hall–Kier alpha value is -6.92. The Labute approximate surface area is 373 Å². The van der Waals surface area contributed by atoms with Gasteiger partial charge in [-0.15, -0.1) is 0 Å². The van der Waals surface area contributed by atoms with Gasteiger partial charge in [0.1, 0.15) is 23.0 Å². The molecule has 4 N–H and O–H groups in total. The predicted octanol–water partition coefficient (Wildman–Crippen LogP) is 8.66. The fourth-order valence-electron chi connectivity index (χ4n) is 7.93. The molecule has 0 fully saturated rings. The summed E-state index contributed by atoms with van der Waals surface area (Å²) in [5.41, 5.74) is 3.89. The number of halogens is 2. The molecule has 318 valence electrons. The zero-order valence-electron chi connectivity index (χ0n) is 33.9. The van der Waals surface area contributed by atoms with Gasteiger partial charge in [0.05, 0.1) is 55.6 Å².